The van der Waals surface area contributed by atoms with E-state index in [4.69, 9.17) is 0 Å². The number of nitrogens with zero attached hydrogens (tertiary/aromatic N) is 1. The van der Waals surface area contributed by atoms with E-state index in [-0.39, 0.29) is 5.41 Å². The molecule has 5 rings (SSSR count). The maximum atomic E-state index is 2.37. The zero-order chi connectivity index (χ0) is 27.1. The third-order valence-electron chi connectivity index (χ3n) is 5.96. The van der Waals surface area contributed by atoms with Gasteiger partial charge in [0.05, 0.1) is 5.41 Å². The highest BCUT2D eigenvalue weighted by Crippen LogP contribution is 2.56. The SMILES string of the molecule is CC.CC.CC.CC.CN(C)c1ccc2c(c1)C(c1ccccc1)(c1ccccc1)c1ccccc1-2. The number of fused-ring (bicyclic) bond motifs is 3. The van der Waals surface area contributed by atoms with E-state index < -0.39 is 0 Å². The Morgan fingerprint density at radius 1 is 0.444 bits per heavy atom. The lowest BCUT2D eigenvalue weighted by molar-refractivity contribution is 0.768. The van der Waals surface area contributed by atoms with Crippen molar-refractivity contribution in [1.29, 1.82) is 0 Å². The summed E-state index contributed by atoms with van der Waals surface area (Å²) < 4.78 is 0. The molecule has 0 aromatic heterocycles. The minimum atomic E-state index is -0.305. The second-order valence-corrected chi connectivity index (χ2v) is 7.65. The van der Waals surface area contributed by atoms with E-state index in [1.54, 1.807) is 0 Å². The molecule has 4 aromatic rings. The van der Waals surface area contributed by atoms with E-state index in [9.17, 15) is 0 Å². The Hall–Kier alpha value is -3.32. The van der Waals surface area contributed by atoms with Gasteiger partial charge in [-0.15, -0.1) is 0 Å². The maximum Gasteiger partial charge on any atom is 0.0714 e. The summed E-state index contributed by atoms with van der Waals surface area (Å²) in [6.07, 6.45) is 0. The van der Waals surface area contributed by atoms with Crippen LogP contribution >= 0.6 is 0 Å². The predicted octanol–water partition coefficient (Wildman–Crippen LogP) is 10.2. The molecule has 192 valence electrons. The predicted molar refractivity (Wildman–Crippen MR) is 163 cm³/mol. The van der Waals surface area contributed by atoms with E-state index in [1.165, 1.54) is 39.1 Å². The van der Waals surface area contributed by atoms with Crippen LogP contribution in [0, 0.1) is 0 Å². The van der Waals surface area contributed by atoms with Crippen molar-refractivity contribution in [1.82, 2.24) is 0 Å². The Balaban J connectivity index is 0.000000741. The summed E-state index contributed by atoms with van der Waals surface area (Å²) in [5.41, 5.74) is 8.91. The van der Waals surface area contributed by atoms with Crippen LogP contribution in [0.4, 0.5) is 5.69 Å². The normalized spacial score (nSPS) is 11.3. The Morgan fingerprint density at radius 3 is 1.33 bits per heavy atom. The van der Waals surface area contributed by atoms with Crippen LogP contribution in [-0.4, -0.2) is 14.1 Å². The molecule has 0 bridgehead atoms. The largest absolute Gasteiger partial charge is 0.378 e. The van der Waals surface area contributed by atoms with Gasteiger partial charge in [0.25, 0.3) is 0 Å². The summed E-state index contributed by atoms with van der Waals surface area (Å²) in [6, 6.07) is 37.6. The molecule has 0 unspecified atom stereocenters. The Bertz CT molecular complexity index is 1090. The zero-order valence-corrected chi connectivity index (χ0v) is 24.3. The standard InChI is InChI=1S/C27H23N.4C2H6/c1-28(2)22-17-18-24-23-15-9-10-16-25(23)27(26(24)19-22,20-11-5-3-6-12-20)21-13-7-4-8-14-21;4*1-2/h3-19H,1-2H3;4*1-2H3. The summed E-state index contributed by atoms with van der Waals surface area (Å²) in [5.74, 6) is 0. The van der Waals surface area contributed by atoms with Gasteiger partial charge in [-0.05, 0) is 45.5 Å². The molecule has 0 spiro atoms. The van der Waals surface area contributed by atoms with Crippen LogP contribution in [0.5, 0.6) is 0 Å². The fraction of sp³-hybridized carbons (Fsp3) is 0.314. The van der Waals surface area contributed by atoms with Crippen molar-refractivity contribution in [2.24, 2.45) is 0 Å². The summed E-state index contributed by atoms with van der Waals surface area (Å²) in [7, 11) is 4.22. The molecule has 1 heteroatoms. The molecule has 0 saturated carbocycles. The Labute approximate surface area is 221 Å². The molecule has 0 heterocycles. The lowest BCUT2D eigenvalue weighted by atomic mass is 9.67. The van der Waals surface area contributed by atoms with Gasteiger partial charge in [-0.25, -0.2) is 0 Å². The molecule has 0 aliphatic heterocycles. The van der Waals surface area contributed by atoms with Crippen LogP contribution in [0.25, 0.3) is 11.1 Å². The van der Waals surface area contributed by atoms with E-state index >= 15 is 0 Å². The van der Waals surface area contributed by atoms with Gasteiger partial charge in [-0.1, -0.05) is 146 Å². The topological polar surface area (TPSA) is 3.24 Å². The van der Waals surface area contributed by atoms with Crippen LogP contribution in [0.1, 0.15) is 77.6 Å². The summed E-state index contributed by atoms with van der Waals surface area (Å²) >= 11 is 0. The van der Waals surface area contributed by atoms with Gasteiger partial charge in [0.15, 0.2) is 0 Å². The van der Waals surface area contributed by atoms with Gasteiger partial charge < -0.3 is 4.90 Å². The fourth-order valence-electron chi connectivity index (χ4n) is 4.71. The third-order valence-corrected chi connectivity index (χ3v) is 5.96. The minimum Gasteiger partial charge on any atom is -0.378 e. The first-order valence-corrected chi connectivity index (χ1v) is 13.8. The average molecular weight is 482 g/mol. The van der Waals surface area contributed by atoms with Gasteiger partial charge >= 0.3 is 0 Å². The van der Waals surface area contributed by atoms with Crippen molar-refractivity contribution in [3.63, 3.8) is 0 Å². The second kappa shape index (κ2) is 15.6. The van der Waals surface area contributed by atoms with Crippen molar-refractivity contribution >= 4 is 5.69 Å². The second-order valence-electron chi connectivity index (χ2n) is 7.65. The molecule has 1 aliphatic carbocycles. The first-order valence-electron chi connectivity index (χ1n) is 13.8. The van der Waals surface area contributed by atoms with Crippen LogP contribution < -0.4 is 4.90 Å². The number of hydrogen-bond acceptors (Lipinski definition) is 1. The molecule has 0 saturated heterocycles. The van der Waals surface area contributed by atoms with Crippen molar-refractivity contribution in [3.05, 3.63) is 125 Å². The number of hydrogen-bond donors (Lipinski definition) is 0. The number of rotatable bonds is 3. The van der Waals surface area contributed by atoms with Crippen LogP contribution in [-0.2, 0) is 5.41 Å². The van der Waals surface area contributed by atoms with Crippen molar-refractivity contribution < 1.29 is 0 Å². The summed E-state index contributed by atoms with van der Waals surface area (Å²) in [6.45, 7) is 16.0. The highest BCUT2D eigenvalue weighted by Gasteiger charge is 2.45. The van der Waals surface area contributed by atoms with Crippen LogP contribution in [0.15, 0.2) is 103 Å². The van der Waals surface area contributed by atoms with Gasteiger partial charge in [0.1, 0.15) is 0 Å². The molecule has 1 nitrogen and oxygen atoms in total. The fourth-order valence-corrected chi connectivity index (χ4v) is 4.71. The molecule has 0 fully saturated rings. The van der Waals surface area contributed by atoms with Crippen LogP contribution in [0.3, 0.4) is 0 Å². The van der Waals surface area contributed by atoms with E-state index in [2.05, 4.69) is 122 Å². The lowest BCUT2D eigenvalue weighted by Crippen LogP contribution is -2.28. The van der Waals surface area contributed by atoms with E-state index in [1.807, 2.05) is 55.4 Å². The highest BCUT2D eigenvalue weighted by atomic mass is 15.1. The molecule has 36 heavy (non-hydrogen) atoms. The summed E-state index contributed by atoms with van der Waals surface area (Å²) in [5, 5.41) is 0. The molecule has 4 aromatic carbocycles. The molecule has 0 amide bonds. The van der Waals surface area contributed by atoms with Gasteiger partial charge in [0.2, 0.25) is 0 Å². The van der Waals surface area contributed by atoms with Crippen molar-refractivity contribution in [2.75, 3.05) is 19.0 Å². The van der Waals surface area contributed by atoms with Crippen molar-refractivity contribution in [3.8, 4) is 11.1 Å². The average Bonchev–Trinajstić information content (AvgIpc) is 3.29. The smallest absolute Gasteiger partial charge is 0.0714 e. The number of anilines is 1. The maximum absolute atomic E-state index is 2.37. The van der Waals surface area contributed by atoms with Gasteiger partial charge in [-0.3, -0.25) is 0 Å². The summed E-state index contributed by atoms with van der Waals surface area (Å²) in [4.78, 5) is 2.18. The molecular formula is C35H47N. The van der Waals surface area contributed by atoms with E-state index in [0.717, 1.165) is 0 Å². The van der Waals surface area contributed by atoms with Crippen LogP contribution in [0.2, 0.25) is 0 Å². The first kappa shape index (κ1) is 30.7. The van der Waals surface area contributed by atoms with Gasteiger partial charge in [0, 0.05) is 19.8 Å². The molecular weight excluding hydrogens is 434 g/mol. The lowest BCUT2D eigenvalue weighted by Gasteiger charge is -2.34. The number of benzene rings is 4. The molecule has 1 aliphatic rings. The monoisotopic (exact) mass is 481 g/mol. The van der Waals surface area contributed by atoms with E-state index in [0.29, 0.717) is 0 Å². The Morgan fingerprint density at radius 2 is 0.861 bits per heavy atom. The highest BCUT2D eigenvalue weighted by molar-refractivity contribution is 5.87. The molecule has 0 radical (unpaired) electrons. The van der Waals surface area contributed by atoms with Gasteiger partial charge in [-0.2, -0.15) is 0 Å². The molecule has 0 atom stereocenters. The zero-order valence-electron chi connectivity index (χ0n) is 24.3. The Kier molecular flexibility index (Phi) is 13.3. The first-order chi connectivity index (χ1) is 17.7. The third kappa shape index (κ3) is 5.73. The molecule has 0 N–H and O–H groups in total. The minimum absolute atomic E-state index is 0.305. The quantitative estimate of drug-likeness (QED) is 0.248. The van der Waals surface area contributed by atoms with Crippen molar-refractivity contribution in [2.45, 2.75) is 60.8 Å².